The first kappa shape index (κ1) is 14.8. The summed E-state index contributed by atoms with van der Waals surface area (Å²) < 4.78 is 0.970. The van der Waals surface area contributed by atoms with Gasteiger partial charge in [-0.25, -0.2) is 4.79 Å². The second-order valence-corrected chi connectivity index (χ2v) is 6.26. The van der Waals surface area contributed by atoms with E-state index in [0.29, 0.717) is 0 Å². The van der Waals surface area contributed by atoms with E-state index in [2.05, 4.69) is 32.3 Å². The Hall–Kier alpha value is -1.59. The van der Waals surface area contributed by atoms with Gasteiger partial charge in [-0.1, -0.05) is 28.1 Å². The third-order valence-corrected chi connectivity index (χ3v) is 4.14. The monoisotopic (exact) mass is 351 g/mol. The molecule has 2 rings (SSSR count). The number of nitrogens with zero attached hydrogens (tertiary/aromatic N) is 1. The molecule has 0 saturated heterocycles. The van der Waals surface area contributed by atoms with Crippen LogP contribution in [0.15, 0.2) is 46.3 Å². The van der Waals surface area contributed by atoms with Crippen LogP contribution in [0.5, 0.6) is 0 Å². The zero-order valence-corrected chi connectivity index (χ0v) is 13.3. The molecule has 5 heteroatoms. The largest absolute Gasteiger partial charge is 0.478 e. The van der Waals surface area contributed by atoms with Gasteiger partial charge in [-0.2, -0.15) is 0 Å². The molecule has 0 fully saturated rings. The molecule has 20 heavy (non-hydrogen) atoms. The minimum absolute atomic E-state index is 0.794. The highest BCUT2D eigenvalue weighted by atomic mass is 79.9. The van der Waals surface area contributed by atoms with Crippen molar-refractivity contribution in [2.75, 3.05) is 11.9 Å². The van der Waals surface area contributed by atoms with Crippen molar-refractivity contribution in [2.45, 2.75) is 6.54 Å². The number of thiophene rings is 1. The molecule has 0 spiro atoms. The van der Waals surface area contributed by atoms with Crippen molar-refractivity contribution in [3.05, 3.63) is 56.7 Å². The number of aliphatic carboxylic acids is 1. The molecule has 0 amide bonds. The Bertz CT molecular complexity index is 623. The first-order valence-electron chi connectivity index (χ1n) is 6.00. The lowest BCUT2D eigenvalue weighted by Crippen LogP contribution is -2.16. The van der Waals surface area contributed by atoms with Gasteiger partial charge < -0.3 is 10.0 Å². The van der Waals surface area contributed by atoms with Crippen molar-refractivity contribution in [3.8, 4) is 0 Å². The number of carboxylic acid groups (broad SMARTS) is 1. The summed E-state index contributed by atoms with van der Waals surface area (Å²) in [6.07, 6.45) is 2.78. The molecular weight excluding hydrogens is 338 g/mol. The lowest BCUT2D eigenvalue weighted by Gasteiger charge is -2.21. The quantitative estimate of drug-likeness (QED) is 0.818. The van der Waals surface area contributed by atoms with E-state index in [1.807, 2.05) is 31.3 Å². The molecule has 0 bridgehead atoms. The van der Waals surface area contributed by atoms with E-state index in [9.17, 15) is 4.79 Å². The number of carboxylic acids is 1. The van der Waals surface area contributed by atoms with Crippen LogP contribution < -0.4 is 4.90 Å². The minimum Gasteiger partial charge on any atom is -0.478 e. The van der Waals surface area contributed by atoms with Gasteiger partial charge in [0.1, 0.15) is 0 Å². The summed E-state index contributed by atoms with van der Waals surface area (Å²) in [5, 5.41) is 10.8. The van der Waals surface area contributed by atoms with Crippen molar-refractivity contribution in [3.63, 3.8) is 0 Å². The normalized spacial score (nSPS) is 10.9. The molecule has 1 N–H and O–H groups in total. The second-order valence-electron chi connectivity index (χ2n) is 4.31. The second kappa shape index (κ2) is 6.72. The fourth-order valence-corrected chi connectivity index (χ4v) is 2.98. The molecule has 1 aromatic heterocycles. The van der Waals surface area contributed by atoms with Gasteiger partial charge in [0.25, 0.3) is 0 Å². The van der Waals surface area contributed by atoms with Gasteiger partial charge in [-0.05, 0) is 35.2 Å². The molecule has 0 saturated carbocycles. The van der Waals surface area contributed by atoms with Crippen molar-refractivity contribution in [1.82, 2.24) is 0 Å². The maximum Gasteiger partial charge on any atom is 0.328 e. The summed E-state index contributed by atoms with van der Waals surface area (Å²) in [7, 11) is 2.00. The lowest BCUT2D eigenvalue weighted by molar-refractivity contribution is -0.131. The van der Waals surface area contributed by atoms with Crippen LogP contribution >= 0.6 is 27.3 Å². The number of hydrogen-bond donors (Lipinski definition) is 1. The summed E-state index contributed by atoms with van der Waals surface area (Å²) in [5.41, 5.74) is 1.87. The third-order valence-electron chi connectivity index (χ3n) is 2.78. The Kier molecular flexibility index (Phi) is 4.98. The van der Waals surface area contributed by atoms with E-state index in [4.69, 9.17) is 5.11 Å². The van der Waals surface area contributed by atoms with E-state index in [0.717, 1.165) is 28.3 Å². The molecular formula is C15H14BrNO2S. The number of anilines is 1. The van der Waals surface area contributed by atoms with Crippen molar-refractivity contribution in [2.24, 2.45) is 0 Å². The van der Waals surface area contributed by atoms with Gasteiger partial charge in [0, 0.05) is 28.2 Å². The molecule has 0 radical (unpaired) electrons. The van der Waals surface area contributed by atoms with Crippen LogP contribution in [0.4, 0.5) is 5.69 Å². The summed E-state index contributed by atoms with van der Waals surface area (Å²) >= 11 is 5.17. The molecule has 104 valence electrons. The standard InChI is InChI=1S/C15H14BrNO2S/c1-17(10-13-3-2-8-20-13)14-9-12(16)6-4-11(14)5-7-15(18)19/h2-9H,10H2,1H3,(H,18,19)/b7-5+. The van der Waals surface area contributed by atoms with Crippen molar-refractivity contribution < 1.29 is 9.90 Å². The van der Waals surface area contributed by atoms with Gasteiger partial charge in [0.05, 0.1) is 6.54 Å². The lowest BCUT2D eigenvalue weighted by atomic mass is 10.1. The number of benzene rings is 1. The zero-order chi connectivity index (χ0) is 14.5. The predicted octanol–water partition coefficient (Wildman–Crippen LogP) is 4.24. The van der Waals surface area contributed by atoms with Crippen LogP contribution in [0, 0.1) is 0 Å². The molecule has 3 nitrogen and oxygen atoms in total. The molecule has 1 aromatic carbocycles. The van der Waals surface area contributed by atoms with E-state index in [1.165, 1.54) is 4.88 Å². The van der Waals surface area contributed by atoms with E-state index >= 15 is 0 Å². The Morgan fingerprint density at radius 3 is 2.90 bits per heavy atom. The maximum atomic E-state index is 10.7. The molecule has 0 atom stereocenters. The summed E-state index contributed by atoms with van der Waals surface area (Å²) in [6, 6.07) is 9.93. The molecule has 0 aliphatic carbocycles. The fourth-order valence-electron chi connectivity index (χ4n) is 1.87. The van der Waals surface area contributed by atoms with Crippen LogP contribution in [0.1, 0.15) is 10.4 Å². The van der Waals surface area contributed by atoms with Crippen molar-refractivity contribution in [1.29, 1.82) is 0 Å². The molecule has 0 aliphatic heterocycles. The van der Waals surface area contributed by atoms with Gasteiger partial charge in [-0.3, -0.25) is 0 Å². The molecule has 1 heterocycles. The van der Waals surface area contributed by atoms with Crippen LogP contribution in [0.3, 0.4) is 0 Å². The summed E-state index contributed by atoms with van der Waals surface area (Å²) in [5.74, 6) is -0.945. The third kappa shape index (κ3) is 3.95. The average molecular weight is 352 g/mol. The molecule has 2 aromatic rings. The zero-order valence-electron chi connectivity index (χ0n) is 10.9. The Balaban J connectivity index is 2.28. The van der Waals surface area contributed by atoms with Gasteiger partial charge in [0.15, 0.2) is 0 Å². The number of carbonyl (C=O) groups is 1. The van der Waals surface area contributed by atoms with E-state index < -0.39 is 5.97 Å². The maximum absolute atomic E-state index is 10.7. The predicted molar refractivity (Wildman–Crippen MR) is 87.2 cm³/mol. The van der Waals surface area contributed by atoms with Gasteiger partial charge >= 0.3 is 5.97 Å². The Morgan fingerprint density at radius 1 is 1.45 bits per heavy atom. The molecule has 0 unspecified atom stereocenters. The first-order chi connectivity index (χ1) is 9.56. The summed E-state index contributed by atoms with van der Waals surface area (Å²) in [4.78, 5) is 14.0. The summed E-state index contributed by atoms with van der Waals surface area (Å²) in [6.45, 7) is 0.794. The van der Waals surface area contributed by atoms with Crippen LogP contribution in [0.2, 0.25) is 0 Å². The number of hydrogen-bond acceptors (Lipinski definition) is 3. The fraction of sp³-hybridized carbons (Fsp3) is 0.133. The van der Waals surface area contributed by atoms with E-state index in [-0.39, 0.29) is 0 Å². The topological polar surface area (TPSA) is 40.5 Å². The Morgan fingerprint density at radius 2 is 2.25 bits per heavy atom. The van der Waals surface area contributed by atoms with Gasteiger partial charge in [0.2, 0.25) is 0 Å². The van der Waals surface area contributed by atoms with Crippen LogP contribution in [-0.4, -0.2) is 18.1 Å². The SMILES string of the molecule is CN(Cc1cccs1)c1cc(Br)ccc1/C=C/C(=O)O. The highest BCUT2D eigenvalue weighted by Gasteiger charge is 2.08. The highest BCUT2D eigenvalue weighted by molar-refractivity contribution is 9.10. The molecule has 0 aliphatic rings. The smallest absolute Gasteiger partial charge is 0.328 e. The van der Waals surface area contributed by atoms with Crippen LogP contribution in [-0.2, 0) is 11.3 Å². The van der Waals surface area contributed by atoms with Crippen molar-refractivity contribution >= 4 is 45.0 Å². The van der Waals surface area contributed by atoms with Crippen LogP contribution in [0.25, 0.3) is 6.08 Å². The number of rotatable bonds is 5. The van der Waals surface area contributed by atoms with Gasteiger partial charge in [-0.15, -0.1) is 11.3 Å². The first-order valence-corrected chi connectivity index (χ1v) is 7.67. The highest BCUT2D eigenvalue weighted by Crippen LogP contribution is 2.27. The average Bonchev–Trinajstić information content (AvgIpc) is 2.89. The number of halogens is 1. The Labute approximate surface area is 130 Å². The minimum atomic E-state index is -0.945. The van der Waals surface area contributed by atoms with E-state index in [1.54, 1.807) is 17.4 Å².